The molecule has 0 aromatic carbocycles. The number of aromatic nitrogens is 2. The number of nitrogens with zero attached hydrogens (tertiary/aromatic N) is 2. The highest BCUT2D eigenvalue weighted by Gasteiger charge is 2.22. The molecule has 4 nitrogen and oxygen atoms in total. The minimum Gasteiger partial charge on any atom is -0.381 e. The second-order valence-electron chi connectivity index (χ2n) is 4.30. The summed E-state index contributed by atoms with van der Waals surface area (Å²) in [6.45, 7) is 5.54. The number of hydrogen-bond donors (Lipinski definition) is 1. The van der Waals surface area contributed by atoms with Crippen molar-refractivity contribution in [2.75, 3.05) is 19.8 Å². The van der Waals surface area contributed by atoms with Gasteiger partial charge in [0, 0.05) is 31.4 Å². The van der Waals surface area contributed by atoms with Gasteiger partial charge in [0.1, 0.15) is 0 Å². The summed E-state index contributed by atoms with van der Waals surface area (Å²) in [5.41, 5.74) is 8.38. The number of hydrogen-bond acceptors (Lipinski definition) is 3. The van der Waals surface area contributed by atoms with E-state index in [1.165, 1.54) is 11.3 Å². The summed E-state index contributed by atoms with van der Waals surface area (Å²) in [4.78, 5) is 0. The van der Waals surface area contributed by atoms with Gasteiger partial charge in [0.2, 0.25) is 0 Å². The van der Waals surface area contributed by atoms with Crippen molar-refractivity contribution in [1.29, 1.82) is 0 Å². The first-order valence-corrected chi connectivity index (χ1v) is 6.19. The van der Waals surface area contributed by atoms with Crippen molar-refractivity contribution in [2.24, 2.45) is 5.73 Å². The van der Waals surface area contributed by atoms with Crippen LogP contribution in [0.25, 0.3) is 0 Å². The van der Waals surface area contributed by atoms with Crippen LogP contribution in [0.3, 0.4) is 0 Å². The number of rotatable bonds is 4. The normalized spacial score (nSPS) is 17.9. The van der Waals surface area contributed by atoms with Gasteiger partial charge in [-0.15, -0.1) is 0 Å². The molecule has 0 aliphatic carbocycles. The molecule has 1 fully saturated rings. The smallest absolute Gasteiger partial charge is 0.0525 e. The molecular formula is C12H21N3O. The quantitative estimate of drug-likeness (QED) is 0.837. The molecule has 0 spiro atoms. The van der Waals surface area contributed by atoms with Gasteiger partial charge in [-0.2, -0.15) is 5.10 Å². The summed E-state index contributed by atoms with van der Waals surface area (Å²) in [6, 6.07) is 0. The fraction of sp³-hybridized carbons (Fsp3) is 0.750. The van der Waals surface area contributed by atoms with Crippen LogP contribution < -0.4 is 5.73 Å². The second kappa shape index (κ2) is 5.46. The Kier molecular flexibility index (Phi) is 3.96. The number of aryl methyl sites for hydroxylation is 1. The molecule has 0 saturated carbocycles. The van der Waals surface area contributed by atoms with Crippen LogP contribution in [0, 0.1) is 0 Å². The summed E-state index contributed by atoms with van der Waals surface area (Å²) in [7, 11) is 0. The maximum Gasteiger partial charge on any atom is 0.0525 e. The summed E-state index contributed by atoms with van der Waals surface area (Å²) < 4.78 is 7.54. The average molecular weight is 223 g/mol. The molecular weight excluding hydrogens is 202 g/mol. The van der Waals surface area contributed by atoms with Gasteiger partial charge in [-0.1, -0.05) is 0 Å². The molecule has 0 atom stereocenters. The van der Waals surface area contributed by atoms with E-state index in [0.717, 1.165) is 39.0 Å². The van der Waals surface area contributed by atoms with Gasteiger partial charge in [-0.3, -0.25) is 4.68 Å². The molecule has 2 N–H and O–H groups in total. The first-order valence-electron chi connectivity index (χ1n) is 6.19. The Morgan fingerprint density at radius 1 is 1.50 bits per heavy atom. The molecule has 0 amide bonds. The second-order valence-corrected chi connectivity index (χ2v) is 4.30. The van der Waals surface area contributed by atoms with Crippen molar-refractivity contribution in [3.63, 3.8) is 0 Å². The van der Waals surface area contributed by atoms with Gasteiger partial charge in [0.25, 0.3) is 0 Å². The first-order chi connectivity index (χ1) is 7.86. The summed E-state index contributed by atoms with van der Waals surface area (Å²) in [6.07, 6.45) is 5.15. The van der Waals surface area contributed by atoms with E-state index in [4.69, 9.17) is 10.5 Å². The van der Waals surface area contributed by atoms with E-state index in [0.29, 0.717) is 12.5 Å². The minimum absolute atomic E-state index is 0.609. The zero-order chi connectivity index (χ0) is 11.4. The van der Waals surface area contributed by atoms with Crippen LogP contribution in [0.5, 0.6) is 0 Å². The molecule has 2 rings (SSSR count). The molecule has 1 aliphatic heterocycles. The van der Waals surface area contributed by atoms with Crippen LogP contribution in [0.4, 0.5) is 0 Å². The van der Waals surface area contributed by atoms with E-state index in [1.807, 2.05) is 6.20 Å². The van der Waals surface area contributed by atoms with Gasteiger partial charge in [0.15, 0.2) is 0 Å². The van der Waals surface area contributed by atoms with Crippen LogP contribution in [0.2, 0.25) is 0 Å². The van der Waals surface area contributed by atoms with E-state index in [-0.39, 0.29) is 0 Å². The van der Waals surface area contributed by atoms with Gasteiger partial charge in [-0.05, 0) is 38.3 Å². The highest BCUT2D eigenvalue weighted by molar-refractivity contribution is 5.23. The lowest BCUT2D eigenvalue weighted by Gasteiger charge is -2.24. The number of nitrogens with two attached hydrogens (primary N) is 1. The molecule has 2 heterocycles. The summed E-state index contributed by atoms with van der Waals surface area (Å²) in [5.74, 6) is 0.609. The third-order valence-corrected chi connectivity index (χ3v) is 3.28. The van der Waals surface area contributed by atoms with E-state index in [1.54, 1.807) is 0 Å². The van der Waals surface area contributed by atoms with Gasteiger partial charge in [-0.25, -0.2) is 0 Å². The highest BCUT2D eigenvalue weighted by atomic mass is 16.5. The lowest BCUT2D eigenvalue weighted by atomic mass is 9.93. The molecule has 1 aromatic heterocycles. The zero-order valence-corrected chi connectivity index (χ0v) is 9.98. The van der Waals surface area contributed by atoms with E-state index in [2.05, 4.69) is 16.7 Å². The summed E-state index contributed by atoms with van der Waals surface area (Å²) in [5, 5.41) is 4.45. The van der Waals surface area contributed by atoms with Crippen molar-refractivity contribution >= 4 is 0 Å². The Morgan fingerprint density at radius 2 is 2.25 bits per heavy atom. The van der Waals surface area contributed by atoms with E-state index >= 15 is 0 Å². The Balaban J connectivity index is 2.23. The van der Waals surface area contributed by atoms with Crippen LogP contribution in [0.1, 0.15) is 36.9 Å². The zero-order valence-electron chi connectivity index (χ0n) is 9.98. The minimum atomic E-state index is 0.609. The number of ether oxygens (including phenoxy) is 1. The molecule has 1 aliphatic rings. The standard InChI is InChI=1S/C12H21N3O/c1-2-15-12(10-4-7-16-8-5-10)11(3-6-13)9-14-15/h9-10H,2-8,13H2,1H3. The fourth-order valence-corrected chi connectivity index (χ4v) is 2.48. The topological polar surface area (TPSA) is 53.1 Å². The highest BCUT2D eigenvalue weighted by Crippen LogP contribution is 2.29. The van der Waals surface area contributed by atoms with Gasteiger partial charge < -0.3 is 10.5 Å². The average Bonchev–Trinajstić information content (AvgIpc) is 2.74. The van der Waals surface area contributed by atoms with Crippen LogP contribution in [0.15, 0.2) is 6.20 Å². The van der Waals surface area contributed by atoms with Crippen molar-refractivity contribution in [3.05, 3.63) is 17.5 Å². The third kappa shape index (κ3) is 2.28. The molecule has 4 heteroatoms. The molecule has 16 heavy (non-hydrogen) atoms. The lowest BCUT2D eigenvalue weighted by molar-refractivity contribution is 0.0833. The van der Waals surface area contributed by atoms with Crippen LogP contribution >= 0.6 is 0 Å². The predicted molar refractivity (Wildman–Crippen MR) is 63.5 cm³/mol. The Morgan fingerprint density at radius 3 is 2.88 bits per heavy atom. The van der Waals surface area contributed by atoms with Gasteiger partial charge >= 0.3 is 0 Å². The Labute approximate surface area is 96.8 Å². The first kappa shape index (κ1) is 11.6. The SMILES string of the molecule is CCn1ncc(CCN)c1C1CCOCC1. The molecule has 1 aromatic rings. The Bertz CT molecular complexity index is 329. The predicted octanol–water partition coefficient (Wildman–Crippen LogP) is 1.30. The van der Waals surface area contributed by atoms with E-state index in [9.17, 15) is 0 Å². The largest absolute Gasteiger partial charge is 0.381 e. The van der Waals surface area contributed by atoms with E-state index < -0.39 is 0 Å². The third-order valence-electron chi connectivity index (χ3n) is 3.28. The molecule has 0 bridgehead atoms. The molecule has 0 unspecified atom stereocenters. The van der Waals surface area contributed by atoms with Crippen molar-refractivity contribution < 1.29 is 4.74 Å². The van der Waals surface area contributed by atoms with Crippen molar-refractivity contribution in [3.8, 4) is 0 Å². The molecule has 90 valence electrons. The fourth-order valence-electron chi connectivity index (χ4n) is 2.48. The van der Waals surface area contributed by atoms with Crippen molar-refractivity contribution in [1.82, 2.24) is 9.78 Å². The lowest BCUT2D eigenvalue weighted by Crippen LogP contribution is -2.19. The maximum atomic E-state index is 5.65. The Hall–Kier alpha value is -0.870. The van der Waals surface area contributed by atoms with Gasteiger partial charge in [0.05, 0.1) is 6.20 Å². The molecule has 1 saturated heterocycles. The van der Waals surface area contributed by atoms with Crippen LogP contribution in [-0.2, 0) is 17.7 Å². The monoisotopic (exact) mass is 223 g/mol. The maximum absolute atomic E-state index is 5.65. The summed E-state index contributed by atoms with van der Waals surface area (Å²) >= 11 is 0. The molecule has 0 radical (unpaired) electrons. The van der Waals surface area contributed by atoms with Crippen LogP contribution in [-0.4, -0.2) is 29.5 Å². The van der Waals surface area contributed by atoms with Crippen molar-refractivity contribution in [2.45, 2.75) is 38.6 Å².